The summed E-state index contributed by atoms with van der Waals surface area (Å²) in [6, 6.07) is 7.47. The molecule has 1 rings (SSSR count). The summed E-state index contributed by atoms with van der Waals surface area (Å²) in [5, 5.41) is 7.45. The Morgan fingerprint density at radius 2 is 2.08 bits per heavy atom. The Labute approximate surface area is 85.7 Å². The molecule has 0 saturated carbocycles. The number of carbonyl (C=O) groups excluding carboxylic acids is 1. The summed E-state index contributed by atoms with van der Waals surface area (Å²) in [4.78, 5) is 10.9. The predicted octanol–water partition coefficient (Wildman–Crippen LogP) is 1.31. The molecule has 1 radical (unpaired) electrons. The van der Waals surface area contributed by atoms with Gasteiger partial charge in [-0.3, -0.25) is 0 Å². The fraction of sp³-hybridized carbons (Fsp3) is 0.200. The van der Waals surface area contributed by atoms with E-state index in [1.54, 1.807) is 6.92 Å². The van der Waals surface area contributed by atoms with Crippen molar-refractivity contribution in [1.82, 2.24) is 0 Å². The van der Waals surface area contributed by atoms with Gasteiger partial charge in [0.1, 0.15) is 0 Å². The summed E-state index contributed by atoms with van der Waals surface area (Å²) in [5.74, 6) is 0.119. The van der Waals surface area contributed by atoms with Crippen LogP contribution in [0.2, 0.25) is 0 Å². The van der Waals surface area contributed by atoms with E-state index in [1.165, 1.54) is 0 Å². The molecule has 0 amide bonds. The van der Waals surface area contributed by atoms with Gasteiger partial charge in [-0.25, -0.2) is 0 Å². The second-order valence-corrected chi connectivity index (χ2v) is 3.72. The summed E-state index contributed by atoms with van der Waals surface area (Å²) < 4.78 is 0.386. The zero-order chi connectivity index (χ0) is 9.84. The molecule has 1 N–H and O–H groups in total. The molecule has 3 heteroatoms. The Hall–Kier alpha value is -0.921. The molecule has 0 aliphatic heterocycles. The SMILES string of the molecule is CC(=O)Cc1ccccc1C(=N)[Se]. The van der Waals surface area contributed by atoms with E-state index in [1.807, 2.05) is 24.3 Å². The predicted molar refractivity (Wildman–Crippen MR) is 53.4 cm³/mol. The second kappa shape index (κ2) is 4.35. The molecule has 67 valence electrons. The van der Waals surface area contributed by atoms with E-state index in [2.05, 4.69) is 16.0 Å². The van der Waals surface area contributed by atoms with E-state index in [4.69, 9.17) is 5.41 Å². The fourth-order valence-corrected chi connectivity index (χ4v) is 1.58. The number of benzene rings is 1. The van der Waals surface area contributed by atoms with Crippen LogP contribution in [0.5, 0.6) is 0 Å². The average Bonchev–Trinajstić information content (AvgIpc) is 2.03. The Bertz CT molecular complexity index is 347. The van der Waals surface area contributed by atoms with Crippen LogP contribution >= 0.6 is 0 Å². The van der Waals surface area contributed by atoms with Crippen molar-refractivity contribution in [2.75, 3.05) is 0 Å². The average molecular weight is 239 g/mol. The van der Waals surface area contributed by atoms with E-state index in [-0.39, 0.29) is 5.78 Å². The first-order chi connectivity index (χ1) is 6.11. The Balaban J connectivity index is 3.04. The van der Waals surface area contributed by atoms with Gasteiger partial charge in [0.2, 0.25) is 0 Å². The van der Waals surface area contributed by atoms with Gasteiger partial charge >= 0.3 is 85.3 Å². The summed E-state index contributed by atoms with van der Waals surface area (Å²) in [5.41, 5.74) is 1.73. The Morgan fingerprint density at radius 1 is 1.46 bits per heavy atom. The van der Waals surface area contributed by atoms with Crippen molar-refractivity contribution in [2.24, 2.45) is 0 Å². The molecule has 0 atom stereocenters. The molecule has 0 unspecified atom stereocenters. The number of carbonyl (C=O) groups is 1. The van der Waals surface area contributed by atoms with Crippen molar-refractivity contribution in [2.45, 2.75) is 13.3 Å². The number of Topliss-reactive ketones (excluding diaryl/α,β-unsaturated/α-hetero) is 1. The van der Waals surface area contributed by atoms with Crippen LogP contribution in [0, 0.1) is 5.41 Å². The third-order valence-corrected chi connectivity index (χ3v) is 2.16. The van der Waals surface area contributed by atoms with Crippen LogP contribution < -0.4 is 0 Å². The minimum absolute atomic E-state index is 0.119. The summed E-state index contributed by atoms with van der Waals surface area (Å²) >= 11 is 2.64. The van der Waals surface area contributed by atoms with Crippen LogP contribution in [0.1, 0.15) is 18.1 Å². The topological polar surface area (TPSA) is 40.9 Å². The molecule has 0 aliphatic carbocycles. The molecule has 0 aliphatic rings. The van der Waals surface area contributed by atoms with E-state index in [9.17, 15) is 4.79 Å². The number of hydrogen-bond acceptors (Lipinski definition) is 2. The molecule has 13 heavy (non-hydrogen) atoms. The molecule has 0 spiro atoms. The fourth-order valence-electron chi connectivity index (χ4n) is 1.16. The van der Waals surface area contributed by atoms with Crippen molar-refractivity contribution in [3.63, 3.8) is 0 Å². The molecular formula is C10H10NOSe. The first-order valence-electron chi connectivity index (χ1n) is 3.94. The maximum atomic E-state index is 10.9. The van der Waals surface area contributed by atoms with Gasteiger partial charge in [0.15, 0.2) is 0 Å². The number of hydrogen-bond donors (Lipinski definition) is 1. The van der Waals surface area contributed by atoms with Crippen LogP contribution in [-0.2, 0) is 11.2 Å². The molecule has 2 nitrogen and oxygen atoms in total. The van der Waals surface area contributed by atoms with E-state index in [0.29, 0.717) is 11.0 Å². The quantitative estimate of drug-likeness (QED) is 0.627. The zero-order valence-corrected chi connectivity index (χ0v) is 9.05. The van der Waals surface area contributed by atoms with Crippen LogP contribution in [0.25, 0.3) is 0 Å². The zero-order valence-electron chi connectivity index (χ0n) is 7.33. The molecule has 0 bridgehead atoms. The molecule has 0 heterocycles. The van der Waals surface area contributed by atoms with Crippen LogP contribution in [-0.4, -0.2) is 26.4 Å². The third-order valence-electron chi connectivity index (χ3n) is 1.70. The Kier molecular flexibility index (Phi) is 3.40. The van der Waals surface area contributed by atoms with Gasteiger partial charge in [0.25, 0.3) is 0 Å². The van der Waals surface area contributed by atoms with Gasteiger partial charge in [-0.05, 0) is 0 Å². The van der Waals surface area contributed by atoms with Gasteiger partial charge in [0, 0.05) is 0 Å². The van der Waals surface area contributed by atoms with Crippen molar-refractivity contribution in [3.8, 4) is 0 Å². The van der Waals surface area contributed by atoms with Crippen LogP contribution in [0.3, 0.4) is 0 Å². The second-order valence-electron chi connectivity index (χ2n) is 2.87. The van der Waals surface area contributed by atoms with Crippen molar-refractivity contribution in [3.05, 3.63) is 35.4 Å². The van der Waals surface area contributed by atoms with Gasteiger partial charge in [-0.1, -0.05) is 0 Å². The van der Waals surface area contributed by atoms with Crippen molar-refractivity contribution < 1.29 is 4.79 Å². The van der Waals surface area contributed by atoms with Crippen molar-refractivity contribution >= 4 is 26.4 Å². The molecule has 1 aromatic rings. The van der Waals surface area contributed by atoms with E-state index in [0.717, 1.165) is 11.1 Å². The third kappa shape index (κ3) is 2.79. The molecule has 1 aromatic carbocycles. The summed E-state index contributed by atoms with van der Waals surface area (Å²) in [7, 11) is 0. The molecular weight excluding hydrogens is 229 g/mol. The van der Waals surface area contributed by atoms with Gasteiger partial charge in [-0.2, -0.15) is 0 Å². The molecule has 0 fully saturated rings. The molecule has 0 aromatic heterocycles. The molecule has 0 saturated heterocycles. The van der Waals surface area contributed by atoms with Crippen LogP contribution in [0.4, 0.5) is 0 Å². The van der Waals surface area contributed by atoms with Crippen LogP contribution in [0.15, 0.2) is 24.3 Å². The first kappa shape index (κ1) is 10.2. The maximum absolute atomic E-state index is 10.9. The first-order valence-corrected chi connectivity index (χ1v) is 4.80. The minimum atomic E-state index is 0.119. The number of nitrogens with one attached hydrogen (secondary N) is 1. The normalized spacial score (nSPS) is 9.62. The Morgan fingerprint density at radius 3 is 2.62 bits per heavy atom. The standard InChI is InChI=1S/C10H10NOSe/c1-7(12)6-8-4-2-3-5-9(8)10(11)13/h2-5,11H,6H2,1H3. The van der Waals surface area contributed by atoms with Crippen molar-refractivity contribution in [1.29, 1.82) is 5.41 Å². The van der Waals surface area contributed by atoms with Gasteiger partial charge < -0.3 is 0 Å². The summed E-state index contributed by atoms with van der Waals surface area (Å²) in [6.07, 6.45) is 0.403. The van der Waals surface area contributed by atoms with E-state index >= 15 is 0 Å². The number of rotatable bonds is 3. The monoisotopic (exact) mass is 240 g/mol. The number of ketones is 1. The van der Waals surface area contributed by atoms with E-state index < -0.39 is 0 Å². The summed E-state index contributed by atoms with van der Waals surface area (Å²) in [6.45, 7) is 1.56. The van der Waals surface area contributed by atoms with Gasteiger partial charge in [0.05, 0.1) is 0 Å². The van der Waals surface area contributed by atoms with Gasteiger partial charge in [-0.15, -0.1) is 0 Å².